The number of hydrogen-bond acceptors (Lipinski definition) is 5. The van der Waals surface area contributed by atoms with Gasteiger partial charge in [-0.25, -0.2) is 4.79 Å². The Morgan fingerprint density at radius 2 is 1.92 bits per heavy atom. The Balaban J connectivity index is 2.17. The molecule has 1 amide bonds. The molecule has 134 valence electrons. The molecule has 24 heavy (non-hydrogen) atoms. The highest BCUT2D eigenvalue weighted by atomic mass is 32.1. The van der Waals surface area contributed by atoms with Gasteiger partial charge in [0.2, 0.25) is 0 Å². The number of ketones is 1. The van der Waals surface area contributed by atoms with E-state index in [4.69, 9.17) is 9.53 Å². The molecule has 0 saturated heterocycles. The molecule has 0 radical (unpaired) electrons. The summed E-state index contributed by atoms with van der Waals surface area (Å²) in [6, 6.07) is 0. The molecular weight excluding hydrogens is 348 g/mol. The molecule has 0 aromatic carbocycles. The molecule has 1 N–H and O–H groups in total. The number of amides is 1. The van der Waals surface area contributed by atoms with Crippen LogP contribution in [-0.2, 0) is 17.5 Å². The van der Waals surface area contributed by atoms with Crippen LogP contribution in [0.2, 0.25) is 18.1 Å². The summed E-state index contributed by atoms with van der Waals surface area (Å²) in [5.74, 6) is -0.315. The molecule has 0 bridgehead atoms. The third kappa shape index (κ3) is 3.62. The lowest BCUT2D eigenvalue weighted by Gasteiger charge is -2.36. The smallest absolute Gasteiger partial charge is 0.408 e. The van der Waals surface area contributed by atoms with Crippen LogP contribution in [0.1, 0.15) is 36.1 Å². The Hall–Kier alpha value is -1.45. The van der Waals surface area contributed by atoms with Crippen LogP contribution in [0.3, 0.4) is 0 Å². The number of thiazole rings is 1. The van der Waals surface area contributed by atoms with E-state index in [1.807, 2.05) is 0 Å². The highest BCUT2D eigenvalue weighted by Crippen LogP contribution is 2.36. The van der Waals surface area contributed by atoms with E-state index in [-0.39, 0.29) is 28.8 Å². The van der Waals surface area contributed by atoms with Gasteiger partial charge in [0.05, 0.1) is 30.3 Å². The number of carbonyl (C=O) groups is 2. The van der Waals surface area contributed by atoms with E-state index in [9.17, 15) is 14.4 Å². The quantitative estimate of drug-likeness (QED) is 0.821. The van der Waals surface area contributed by atoms with Gasteiger partial charge in [-0.15, -0.1) is 0 Å². The van der Waals surface area contributed by atoms with E-state index in [2.05, 4.69) is 33.9 Å². The third-order valence-electron chi connectivity index (χ3n) is 4.78. The molecule has 1 aliphatic heterocycles. The summed E-state index contributed by atoms with van der Waals surface area (Å²) in [6.45, 7) is 11.3. The molecule has 9 heteroatoms. The Bertz CT molecular complexity index is 716. The van der Waals surface area contributed by atoms with Gasteiger partial charge in [-0.1, -0.05) is 32.1 Å². The van der Waals surface area contributed by atoms with Crippen molar-refractivity contribution in [1.82, 2.24) is 9.47 Å². The van der Waals surface area contributed by atoms with E-state index >= 15 is 0 Å². The number of aromatic nitrogens is 1. The lowest BCUT2D eigenvalue weighted by atomic mass is 10.1. The molecule has 2 rings (SSSR count). The van der Waals surface area contributed by atoms with Crippen LogP contribution < -0.4 is 4.87 Å². The largest absolute Gasteiger partial charge is 0.465 e. The minimum absolute atomic E-state index is 0.0647. The summed E-state index contributed by atoms with van der Waals surface area (Å²) in [5, 5.41) is 9.19. The Kier molecular flexibility index (Phi) is 5.08. The van der Waals surface area contributed by atoms with Crippen LogP contribution in [0.15, 0.2) is 4.79 Å². The maximum absolute atomic E-state index is 12.2. The fraction of sp³-hybridized carbons (Fsp3) is 0.667. The Morgan fingerprint density at radius 3 is 2.46 bits per heavy atom. The van der Waals surface area contributed by atoms with Crippen molar-refractivity contribution in [2.45, 2.75) is 52.0 Å². The fourth-order valence-electron chi connectivity index (χ4n) is 2.26. The van der Waals surface area contributed by atoms with Crippen molar-refractivity contribution in [3.05, 3.63) is 20.2 Å². The molecule has 0 unspecified atom stereocenters. The minimum Gasteiger partial charge on any atom is -0.465 e. The van der Waals surface area contributed by atoms with Crippen molar-refractivity contribution in [3.63, 3.8) is 0 Å². The predicted molar refractivity (Wildman–Crippen MR) is 94.5 cm³/mol. The van der Waals surface area contributed by atoms with Crippen LogP contribution in [0.4, 0.5) is 4.79 Å². The van der Waals surface area contributed by atoms with E-state index in [0.717, 1.165) is 16.2 Å². The number of fused-ring (bicyclic) bond motifs is 1. The second kappa shape index (κ2) is 6.45. The van der Waals surface area contributed by atoms with Crippen LogP contribution in [0.5, 0.6) is 0 Å². The van der Waals surface area contributed by atoms with Gasteiger partial charge in [-0.3, -0.25) is 19.1 Å². The van der Waals surface area contributed by atoms with Crippen LogP contribution in [-0.4, -0.2) is 47.9 Å². The van der Waals surface area contributed by atoms with Crippen LogP contribution in [0, 0.1) is 0 Å². The number of rotatable bonds is 4. The summed E-state index contributed by atoms with van der Waals surface area (Å²) in [4.78, 5) is 36.6. The van der Waals surface area contributed by atoms with Crippen molar-refractivity contribution in [1.29, 1.82) is 0 Å². The molecule has 1 aromatic rings. The van der Waals surface area contributed by atoms with Gasteiger partial charge in [0.15, 0.2) is 14.1 Å². The molecule has 0 spiro atoms. The van der Waals surface area contributed by atoms with Crippen molar-refractivity contribution < 1.29 is 19.1 Å². The molecular formula is C15H24N2O5SSi. The zero-order valence-electron chi connectivity index (χ0n) is 14.7. The number of carboxylic acid groups (broad SMARTS) is 1. The van der Waals surface area contributed by atoms with Gasteiger partial charge in [0.1, 0.15) is 0 Å². The molecule has 0 atom stereocenters. The zero-order valence-corrected chi connectivity index (χ0v) is 16.5. The van der Waals surface area contributed by atoms with Gasteiger partial charge in [0, 0.05) is 6.54 Å². The van der Waals surface area contributed by atoms with Gasteiger partial charge in [0.25, 0.3) is 0 Å². The average molecular weight is 373 g/mol. The van der Waals surface area contributed by atoms with E-state index in [1.165, 1.54) is 4.57 Å². The monoisotopic (exact) mass is 372 g/mol. The second-order valence-electron chi connectivity index (χ2n) is 7.47. The Morgan fingerprint density at radius 1 is 1.29 bits per heavy atom. The first-order valence-electron chi connectivity index (χ1n) is 7.81. The SMILES string of the molecule is CC(C)(C)[Si](C)(C)OCCn1c2c(sc1=O)C(=O)CN(C(=O)O)C2. The number of nitrogens with zero attached hydrogens (tertiary/aromatic N) is 2. The lowest BCUT2D eigenvalue weighted by molar-refractivity contribution is 0.0873. The van der Waals surface area contributed by atoms with Crippen LogP contribution >= 0.6 is 11.3 Å². The van der Waals surface area contributed by atoms with E-state index in [0.29, 0.717) is 23.7 Å². The normalized spacial score (nSPS) is 15.5. The molecule has 0 fully saturated rings. The lowest BCUT2D eigenvalue weighted by Crippen LogP contribution is -2.42. The number of Topliss-reactive ketones (excluding diaryl/α,β-unsaturated/α-hetero) is 1. The number of hydrogen-bond donors (Lipinski definition) is 1. The molecule has 2 heterocycles. The van der Waals surface area contributed by atoms with Gasteiger partial charge in [-0.05, 0) is 18.1 Å². The van der Waals surface area contributed by atoms with Gasteiger partial charge < -0.3 is 9.53 Å². The molecule has 1 aliphatic rings. The standard InChI is InChI=1S/C15H24N2O5SSi/c1-15(2,3)24(4,5)22-7-6-17-10-8-16(13(19)20)9-11(18)12(10)23-14(17)21/h6-9H2,1-5H3,(H,19,20). The Labute approximate surface area is 146 Å². The van der Waals surface area contributed by atoms with Crippen molar-refractivity contribution >= 4 is 31.5 Å². The minimum atomic E-state index is -1.92. The molecule has 0 aliphatic carbocycles. The summed E-state index contributed by atoms with van der Waals surface area (Å²) in [5.41, 5.74) is 0.488. The predicted octanol–water partition coefficient (Wildman–Crippen LogP) is 2.61. The molecule has 0 saturated carbocycles. The molecule has 7 nitrogen and oxygen atoms in total. The first kappa shape index (κ1) is 18.9. The fourth-order valence-corrected chi connectivity index (χ4v) is 4.25. The summed E-state index contributed by atoms with van der Waals surface area (Å²) >= 11 is 0.896. The van der Waals surface area contributed by atoms with Crippen molar-refractivity contribution in [3.8, 4) is 0 Å². The third-order valence-corrected chi connectivity index (χ3v) is 10.4. The van der Waals surface area contributed by atoms with E-state index < -0.39 is 14.4 Å². The summed E-state index contributed by atoms with van der Waals surface area (Å²) < 4.78 is 7.57. The summed E-state index contributed by atoms with van der Waals surface area (Å²) in [6.07, 6.45) is -1.16. The zero-order chi connectivity index (χ0) is 18.3. The van der Waals surface area contributed by atoms with E-state index in [1.54, 1.807) is 0 Å². The highest BCUT2D eigenvalue weighted by molar-refractivity contribution is 7.11. The van der Waals surface area contributed by atoms with Crippen molar-refractivity contribution in [2.24, 2.45) is 0 Å². The highest BCUT2D eigenvalue weighted by Gasteiger charge is 2.37. The number of carbonyl (C=O) groups excluding carboxylic acids is 1. The first-order valence-corrected chi connectivity index (χ1v) is 11.5. The maximum Gasteiger partial charge on any atom is 0.408 e. The topological polar surface area (TPSA) is 88.8 Å². The van der Waals surface area contributed by atoms with Crippen LogP contribution in [0.25, 0.3) is 0 Å². The van der Waals surface area contributed by atoms with Crippen molar-refractivity contribution in [2.75, 3.05) is 13.2 Å². The first-order chi connectivity index (χ1) is 10.9. The average Bonchev–Trinajstić information content (AvgIpc) is 2.74. The molecule has 1 aromatic heterocycles. The maximum atomic E-state index is 12.2. The van der Waals surface area contributed by atoms with Gasteiger partial charge >= 0.3 is 11.0 Å². The summed E-state index contributed by atoms with van der Waals surface area (Å²) in [7, 11) is -1.92. The van der Waals surface area contributed by atoms with Gasteiger partial charge in [-0.2, -0.15) is 0 Å². The second-order valence-corrected chi connectivity index (χ2v) is 13.2.